The molecule has 0 radical (unpaired) electrons. The maximum atomic E-state index is 4.99. The summed E-state index contributed by atoms with van der Waals surface area (Å²) in [4.78, 5) is 19.9. The van der Waals surface area contributed by atoms with E-state index in [1.165, 1.54) is 24.9 Å². The first-order chi connectivity index (χ1) is 15.2. The highest BCUT2D eigenvalue weighted by molar-refractivity contribution is 5.96. The molecule has 0 atom stereocenters. The van der Waals surface area contributed by atoms with Gasteiger partial charge in [-0.3, -0.25) is 10.1 Å². The Labute approximate surface area is 179 Å². The van der Waals surface area contributed by atoms with Crippen LogP contribution < -0.4 is 4.90 Å². The van der Waals surface area contributed by atoms with Crippen molar-refractivity contribution >= 4 is 27.6 Å². The monoisotopic (exact) mass is 412 g/mol. The Hall–Kier alpha value is -3.68. The Morgan fingerprint density at radius 3 is 2.68 bits per heavy atom. The number of benzene rings is 1. The summed E-state index contributed by atoms with van der Waals surface area (Å²) in [5.74, 6) is 1.72. The van der Waals surface area contributed by atoms with Crippen molar-refractivity contribution in [2.45, 2.75) is 26.2 Å². The summed E-state index contributed by atoms with van der Waals surface area (Å²) in [6.45, 7) is 4.16. The number of aromatic nitrogens is 7. The second-order valence-corrected chi connectivity index (χ2v) is 8.24. The van der Waals surface area contributed by atoms with Crippen molar-refractivity contribution in [1.29, 1.82) is 0 Å². The topological polar surface area (TPSA) is 91.3 Å². The molecular weight excluding hydrogens is 388 g/mol. The van der Waals surface area contributed by atoms with Crippen LogP contribution in [0.1, 0.15) is 25.1 Å². The summed E-state index contributed by atoms with van der Waals surface area (Å²) in [7, 11) is 2.00. The van der Waals surface area contributed by atoms with E-state index in [9.17, 15) is 0 Å². The third-order valence-electron chi connectivity index (χ3n) is 6.34. The van der Waals surface area contributed by atoms with Crippen LogP contribution >= 0.6 is 0 Å². The molecule has 1 aromatic carbocycles. The van der Waals surface area contributed by atoms with Crippen LogP contribution in [0, 0.1) is 6.92 Å². The fourth-order valence-corrected chi connectivity index (χ4v) is 4.50. The van der Waals surface area contributed by atoms with Crippen LogP contribution in [0.5, 0.6) is 0 Å². The van der Waals surface area contributed by atoms with Crippen molar-refractivity contribution in [3.63, 3.8) is 0 Å². The number of nitrogens with zero attached hydrogens (tertiary/aromatic N) is 6. The van der Waals surface area contributed by atoms with Crippen LogP contribution in [0.4, 0.5) is 5.69 Å². The second-order valence-electron chi connectivity index (χ2n) is 8.24. The van der Waals surface area contributed by atoms with E-state index < -0.39 is 0 Å². The highest BCUT2D eigenvalue weighted by Crippen LogP contribution is 2.32. The van der Waals surface area contributed by atoms with Gasteiger partial charge in [-0.15, -0.1) is 0 Å². The Bertz CT molecular complexity index is 1400. The number of rotatable bonds is 3. The molecule has 5 heterocycles. The van der Waals surface area contributed by atoms with Gasteiger partial charge in [0.1, 0.15) is 17.0 Å². The zero-order chi connectivity index (χ0) is 20.9. The highest BCUT2D eigenvalue weighted by atomic mass is 15.2. The molecule has 0 unspecified atom stereocenters. The third kappa shape index (κ3) is 2.90. The van der Waals surface area contributed by atoms with Crippen LogP contribution in [-0.4, -0.2) is 47.8 Å². The van der Waals surface area contributed by atoms with Gasteiger partial charge in [-0.25, -0.2) is 9.97 Å². The maximum absolute atomic E-state index is 4.99. The normalized spacial score (nSPS) is 14.7. The number of aromatic amines is 2. The first kappa shape index (κ1) is 18.1. The lowest BCUT2D eigenvalue weighted by Crippen LogP contribution is -2.29. The summed E-state index contributed by atoms with van der Waals surface area (Å²) in [6, 6.07) is 8.42. The van der Waals surface area contributed by atoms with E-state index in [2.05, 4.69) is 54.3 Å². The lowest BCUT2D eigenvalue weighted by Gasteiger charge is -2.28. The minimum atomic E-state index is 0.768. The molecule has 8 nitrogen and oxygen atoms in total. The lowest BCUT2D eigenvalue weighted by atomic mass is 10.1. The molecular formula is C23H24N8. The van der Waals surface area contributed by atoms with Gasteiger partial charge in [-0.05, 0) is 44.4 Å². The zero-order valence-corrected chi connectivity index (χ0v) is 17.7. The number of hydrogen-bond acceptors (Lipinski definition) is 5. The van der Waals surface area contributed by atoms with Crippen LogP contribution in [-0.2, 0) is 7.05 Å². The molecule has 6 rings (SSSR count). The fraction of sp³-hybridized carbons (Fsp3) is 0.304. The molecule has 31 heavy (non-hydrogen) atoms. The van der Waals surface area contributed by atoms with Gasteiger partial charge in [0.2, 0.25) is 0 Å². The van der Waals surface area contributed by atoms with Gasteiger partial charge in [-0.1, -0.05) is 6.07 Å². The van der Waals surface area contributed by atoms with Crippen molar-refractivity contribution in [3.8, 4) is 22.9 Å². The molecule has 156 valence electrons. The minimum Gasteiger partial charge on any atom is -0.370 e. The smallest absolute Gasteiger partial charge is 0.159 e. The standard InChI is InChI=1S/C23H24N8/c1-14-24-13-20(30(14)2)17-11-15-18(12-25-17)28-29-21(15)23-26-16-7-6-8-19(22(16)27-23)31-9-4-3-5-10-31/h6-8,11-13H,3-5,9-10H2,1-2H3,(H,26,27)(H,28,29). The molecule has 0 saturated carbocycles. The number of pyridine rings is 1. The van der Waals surface area contributed by atoms with Crippen molar-refractivity contribution in [2.75, 3.05) is 18.0 Å². The number of aryl methyl sites for hydroxylation is 1. The summed E-state index contributed by atoms with van der Waals surface area (Å²) in [6.07, 6.45) is 7.46. The van der Waals surface area contributed by atoms with E-state index in [4.69, 9.17) is 4.98 Å². The van der Waals surface area contributed by atoms with Crippen LogP contribution in [0.2, 0.25) is 0 Å². The first-order valence-corrected chi connectivity index (χ1v) is 10.8. The Balaban J connectivity index is 1.47. The van der Waals surface area contributed by atoms with Crippen LogP contribution in [0.3, 0.4) is 0 Å². The summed E-state index contributed by atoms with van der Waals surface area (Å²) in [5.41, 5.74) is 6.77. The van der Waals surface area contributed by atoms with Gasteiger partial charge < -0.3 is 14.5 Å². The predicted octanol–water partition coefficient (Wildman–Crippen LogP) is 4.20. The molecule has 8 heteroatoms. The maximum Gasteiger partial charge on any atom is 0.159 e. The number of hydrogen-bond donors (Lipinski definition) is 2. The summed E-state index contributed by atoms with van der Waals surface area (Å²) in [5, 5.41) is 8.66. The molecule has 4 aromatic heterocycles. The largest absolute Gasteiger partial charge is 0.370 e. The predicted molar refractivity (Wildman–Crippen MR) is 122 cm³/mol. The van der Waals surface area contributed by atoms with Crippen LogP contribution in [0.15, 0.2) is 36.7 Å². The van der Waals surface area contributed by atoms with Gasteiger partial charge >= 0.3 is 0 Å². The second kappa shape index (κ2) is 6.94. The van der Waals surface area contributed by atoms with Crippen molar-refractivity contribution in [1.82, 2.24) is 34.7 Å². The highest BCUT2D eigenvalue weighted by Gasteiger charge is 2.19. The summed E-state index contributed by atoms with van der Waals surface area (Å²) < 4.78 is 2.04. The number of fused-ring (bicyclic) bond motifs is 2. The quantitative estimate of drug-likeness (QED) is 0.463. The van der Waals surface area contributed by atoms with E-state index >= 15 is 0 Å². The number of para-hydroxylation sites is 1. The first-order valence-electron chi connectivity index (χ1n) is 10.8. The number of nitrogens with one attached hydrogen (secondary N) is 2. The molecule has 1 aliphatic heterocycles. The molecule has 0 spiro atoms. The molecule has 1 fully saturated rings. The van der Waals surface area contributed by atoms with Gasteiger partial charge in [0.15, 0.2) is 5.82 Å². The van der Waals surface area contributed by atoms with E-state index in [-0.39, 0.29) is 0 Å². The van der Waals surface area contributed by atoms with Gasteiger partial charge in [0.25, 0.3) is 0 Å². The number of H-pyrrole nitrogens is 2. The zero-order valence-electron chi connectivity index (χ0n) is 17.7. The molecule has 0 bridgehead atoms. The average molecular weight is 413 g/mol. The molecule has 0 amide bonds. The van der Waals surface area contributed by atoms with Crippen LogP contribution in [0.25, 0.3) is 44.8 Å². The minimum absolute atomic E-state index is 0.768. The summed E-state index contributed by atoms with van der Waals surface area (Å²) >= 11 is 0. The molecule has 0 aliphatic carbocycles. The Morgan fingerprint density at radius 1 is 1.00 bits per heavy atom. The number of piperidine rings is 1. The van der Waals surface area contributed by atoms with E-state index in [0.29, 0.717) is 0 Å². The van der Waals surface area contributed by atoms with E-state index in [0.717, 1.165) is 63.8 Å². The van der Waals surface area contributed by atoms with Gasteiger partial charge in [0.05, 0.1) is 40.5 Å². The lowest BCUT2D eigenvalue weighted by molar-refractivity contribution is 0.579. The molecule has 1 saturated heterocycles. The van der Waals surface area contributed by atoms with Crippen molar-refractivity contribution in [3.05, 3.63) is 42.5 Å². The Kier molecular flexibility index (Phi) is 4.05. The number of anilines is 1. The SMILES string of the molecule is Cc1ncc(-c2cc3c(-c4nc5c(N6CCCCC6)cccc5[nH]4)n[nH]c3cn2)n1C. The fourth-order valence-electron chi connectivity index (χ4n) is 4.50. The van der Waals surface area contributed by atoms with Gasteiger partial charge in [-0.2, -0.15) is 5.10 Å². The average Bonchev–Trinajstić information content (AvgIpc) is 3.50. The van der Waals surface area contributed by atoms with Gasteiger partial charge in [0, 0.05) is 25.5 Å². The van der Waals surface area contributed by atoms with E-state index in [1.807, 2.05) is 30.9 Å². The third-order valence-corrected chi connectivity index (χ3v) is 6.34. The van der Waals surface area contributed by atoms with Crippen molar-refractivity contribution in [2.24, 2.45) is 7.05 Å². The van der Waals surface area contributed by atoms with E-state index in [1.54, 1.807) is 0 Å². The molecule has 2 N–H and O–H groups in total. The molecule has 1 aliphatic rings. The molecule has 5 aromatic rings. The van der Waals surface area contributed by atoms with Crippen molar-refractivity contribution < 1.29 is 0 Å². The number of imidazole rings is 2. The Morgan fingerprint density at radius 2 is 1.87 bits per heavy atom.